The second-order valence-electron chi connectivity index (χ2n) is 10.7. The molecule has 12 N–H and O–H groups in total. The minimum atomic E-state index is -1.34. The third-order valence-electron chi connectivity index (χ3n) is 7.88. The zero-order valence-electron chi connectivity index (χ0n) is 24.8. The fraction of sp³-hybridized carbons (Fsp3) is 0.704. The Bertz CT molecular complexity index is 1080. The largest absolute Gasteiger partial charge is 0.507 e. The van der Waals surface area contributed by atoms with Gasteiger partial charge in [0.1, 0.15) is 47.9 Å². The van der Waals surface area contributed by atoms with E-state index in [2.05, 4.69) is 0 Å². The minimum absolute atomic E-state index is 0.0631. The van der Waals surface area contributed by atoms with Gasteiger partial charge in [-0.25, -0.2) is 9.59 Å². The van der Waals surface area contributed by atoms with Gasteiger partial charge in [0.2, 0.25) is 13.1 Å². The Morgan fingerprint density at radius 2 is 1.64 bits per heavy atom. The van der Waals surface area contributed by atoms with E-state index in [4.69, 9.17) is 34.2 Å². The van der Waals surface area contributed by atoms with E-state index >= 15 is 0 Å². The third-order valence-corrected chi connectivity index (χ3v) is 7.88. The molecule has 17 nitrogen and oxygen atoms in total. The molecule has 44 heavy (non-hydrogen) atoms. The van der Waals surface area contributed by atoms with Gasteiger partial charge >= 0.3 is 11.9 Å². The second kappa shape index (κ2) is 16.6. The highest BCUT2D eigenvalue weighted by Gasteiger charge is 2.50. The van der Waals surface area contributed by atoms with Crippen LogP contribution in [0.2, 0.25) is 0 Å². The van der Waals surface area contributed by atoms with E-state index in [1.54, 1.807) is 24.7 Å². The van der Waals surface area contributed by atoms with Gasteiger partial charge in [-0.2, -0.15) is 0 Å². The highest BCUT2D eigenvalue weighted by Crippen LogP contribution is 2.27. The van der Waals surface area contributed by atoms with Crippen LogP contribution in [0.4, 0.5) is 5.69 Å². The van der Waals surface area contributed by atoms with Gasteiger partial charge in [-0.05, 0) is 25.1 Å². The zero-order chi connectivity index (χ0) is 32.6. The van der Waals surface area contributed by atoms with Gasteiger partial charge in [-0.3, -0.25) is 0 Å². The number of aliphatic hydroxyl groups excluding tert-OH is 5. The molecule has 17 heteroatoms. The Morgan fingerprint density at radius 1 is 0.955 bits per heavy atom. The first-order valence-corrected chi connectivity index (χ1v) is 14.3. The number of aromatic hydroxyl groups is 1. The van der Waals surface area contributed by atoms with Gasteiger partial charge in [0, 0.05) is 11.6 Å². The maximum atomic E-state index is 12.6. The first kappa shape index (κ1) is 35.8. The van der Waals surface area contributed by atoms with Gasteiger partial charge in [-0.15, -0.1) is 0 Å². The molecule has 0 radical (unpaired) electrons. The molecule has 2 saturated heterocycles. The lowest BCUT2D eigenvalue weighted by molar-refractivity contribution is -0.694. The maximum absolute atomic E-state index is 12.6. The van der Waals surface area contributed by atoms with E-state index in [1.165, 1.54) is 25.1 Å². The molecule has 1 aromatic rings. The Kier molecular flexibility index (Phi) is 13.5. The fourth-order valence-electron chi connectivity index (χ4n) is 5.38. The molecule has 11 atom stereocenters. The highest BCUT2D eigenvalue weighted by molar-refractivity contribution is 5.93. The van der Waals surface area contributed by atoms with E-state index in [0.29, 0.717) is 0 Å². The molecule has 2 aliphatic heterocycles. The fourth-order valence-corrected chi connectivity index (χ4v) is 5.38. The van der Waals surface area contributed by atoms with Crippen molar-refractivity contribution < 1.29 is 79.3 Å². The lowest BCUT2D eigenvalue weighted by Crippen LogP contribution is -2.94. The number of aliphatic hydroxyl groups is 5. The molecule has 0 spiro atoms. The van der Waals surface area contributed by atoms with Gasteiger partial charge in [0.25, 0.3) is 0 Å². The number of likely N-dealkylation sites (N-methyl/N-ethyl adjacent to an activating group) is 2. The van der Waals surface area contributed by atoms with Crippen molar-refractivity contribution in [2.75, 3.05) is 53.0 Å². The number of hydrogen-bond donors (Lipinski definition) is 9. The van der Waals surface area contributed by atoms with Crippen LogP contribution in [0.5, 0.6) is 5.75 Å². The molecule has 2 fully saturated rings. The predicted octanol–water partition coefficient (Wildman–Crippen LogP) is -5.65. The van der Waals surface area contributed by atoms with Crippen LogP contribution in [0.15, 0.2) is 18.2 Å². The lowest BCUT2D eigenvalue weighted by Gasteiger charge is -2.43. The van der Waals surface area contributed by atoms with Crippen LogP contribution in [-0.4, -0.2) is 151 Å². The summed E-state index contributed by atoms with van der Waals surface area (Å²) in [4.78, 5) is 24.8. The summed E-state index contributed by atoms with van der Waals surface area (Å²) in [6.07, 6.45) is -8.66. The van der Waals surface area contributed by atoms with Gasteiger partial charge < -0.3 is 75.4 Å². The molecule has 0 bridgehead atoms. The van der Waals surface area contributed by atoms with Crippen molar-refractivity contribution in [1.29, 1.82) is 0 Å². The number of phenolic OH excluding ortho intramolecular Hbond substituents is 1. The standard InChI is InChI=1S/C27H43N3O14/c1-12(25(36)40-11-41-26(37)14-6-13(28)4-5-16(14)33)42-24-20(29-2)19(43-18(8-32)23(24)35)10-39-9-15-17(7-31)44-27(38)21(30-3)22(15)34/h4-6,12,15,17-24,27,29-35,38H,7-11,28H2,1-3H3/p+2/t12?,15-,17?,18?,19+,20?,21?,22-,23-,24+,27-/m1/s1. The summed E-state index contributed by atoms with van der Waals surface area (Å²) in [5, 5.41) is 64.4. The molecule has 0 saturated carbocycles. The summed E-state index contributed by atoms with van der Waals surface area (Å²) in [6.45, 7) is -0.561. The topological polar surface area (TPSA) is 270 Å². The van der Waals surface area contributed by atoms with Crippen molar-refractivity contribution >= 4 is 17.6 Å². The van der Waals surface area contributed by atoms with E-state index < -0.39 is 99.0 Å². The van der Waals surface area contributed by atoms with Crippen LogP contribution >= 0.6 is 0 Å². The van der Waals surface area contributed by atoms with Crippen LogP contribution in [-0.2, 0) is 33.2 Å². The van der Waals surface area contributed by atoms with E-state index in [-0.39, 0.29) is 30.2 Å². The second-order valence-corrected chi connectivity index (χ2v) is 10.7. The SMILES string of the molecule is C[NH2+]C1[C@H](O)OC(CO)[C@@H](COC[C@@H]2OC(CO)[C@@H](O)[C@@H](OC(C)C(=O)OCOC(=O)c3cc(N)ccc3O)C2[NH2+]C)[C@H]1O. The minimum Gasteiger partial charge on any atom is -0.507 e. The molecule has 0 aromatic heterocycles. The summed E-state index contributed by atoms with van der Waals surface area (Å²) in [5.74, 6) is -2.92. The maximum Gasteiger partial charge on any atom is 0.344 e. The molecule has 5 unspecified atom stereocenters. The normalized spacial score (nSPS) is 33.0. The van der Waals surface area contributed by atoms with Gasteiger partial charge in [0.15, 0.2) is 12.1 Å². The van der Waals surface area contributed by atoms with Crippen molar-refractivity contribution in [3.8, 4) is 5.75 Å². The monoisotopic (exact) mass is 635 g/mol. The number of nitrogen functional groups attached to an aromatic ring is 1. The summed E-state index contributed by atoms with van der Waals surface area (Å²) < 4.78 is 32.9. The zero-order valence-corrected chi connectivity index (χ0v) is 24.8. The van der Waals surface area contributed by atoms with Crippen LogP contribution in [0.3, 0.4) is 0 Å². The number of nitrogens with two attached hydrogens (primary N) is 3. The number of carbonyl (C=O) groups is 2. The Labute approximate surface area is 253 Å². The van der Waals surface area contributed by atoms with Crippen LogP contribution < -0.4 is 16.4 Å². The number of carbonyl (C=O) groups excluding carboxylic acids is 2. The van der Waals surface area contributed by atoms with Crippen molar-refractivity contribution in [3.63, 3.8) is 0 Å². The molecule has 250 valence electrons. The predicted molar refractivity (Wildman–Crippen MR) is 147 cm³/mol. The number of rotatable bonds is 14. The number of ether oxygens (including phenoxy) is 6. The Balaban J connectivity index is 1.58. The van der Waals surface area contributed by atoms with Gasteiger partial charge in [-0.1, -0.05) is 0 Å². The summed E-state index contributed by atoms with van der Waals surface area (Å²) >= 11 is 0. The van der Waals surface area contributed by atoms with E-state index in [0.717, 1.165) is 0 Å². The van der Waals surface area contributed by atoms with Crippen LogP contribution in [0.25, 0.3) is 0 Å². The first-order valence-electron chi connectivity index (χ1n) is 14.3. The number of anilines is 1. The Hall–Kier alpha value is -2.68. The van der Waals surface area contributed by atoms with Crippen LogP contribution in [0.1, 0.15) is 17.3 Å². The number of benzene rings is 1. The van der Waals surface area contributed by atoms with Crippen molar-refractivity contribution in [2.24, 2.45) is 5.92 Å². The molecule has 2 aliphatic rings. The summed E-state index contributed by atoms with van der Waals surface area (Å²) in [6, 6.07) is 2.50. The van der Waals surface area contributed by atoms with Gasteiger partial charge in [0.05, 0.1) is 46.6 Å². The summed E-state index contributed by atoms with van der Waals surface area (Å²) in [7, 11) is 3.37. The Morgan fingerprint density at radius 3 is 2.27 bits per heavy atom. The molecular weight excluding hydrogens is 590 g/mol. The number of quaternary nitrogens is 2. The molecule has 0 amide bonds. The van der Waals surface area contributed by atoms with Crippen molar-refractivity contribution in [1.82, 2.24) is 0 Å². The van der Waals surface area contributed by atoms with Crippen molar-refractivity contribution in [3.05, 3.63) is 23.8 Å². The van der Waals surface area contributed by atoms with Crippen LogP contribution in [0, 0.1) is 5.92 Å². The van der Waals surface area contributed by atoms with E-state index in [1.807, 2.05) is 0 Å². The molecule has 1 aromatic carbocycles. The highest BCUT2D eigenvalue weighted by atomic mass is 16.7. The third kappa shape index (κ3) is 8.52. The molecule has 2 heterocycles. The quantitative estimate of drug-likeness (QED) is 0.0399. The van der Waals surface area contributed by atoms with Crippen molar-refractivity contribution in [2.45, 2.75) is 68.0 Å². The number of phenols is 1. The summed E-state index contributed by atoms with van der Waals surface area (Å²) in [5.41, 5.74) is 5.62. The average molecular weight is 636 g/mol. The van der Waals surface area contributed by atoms with E-state index in [9.17, 15) is 40.2 Å². The molecule has 0 aliphatic carbocycles. The molecular formula is C27H45N3O14+2. The average Bonchev–Trinajstić information content (AvgIpc) is 3.00. The first-order chi connectivity index (χ1) is 21.0. The smallest absolute Gasteiger partial charge is 0.344 e. The number of hydrogen-bond acceptors (Lipinski definition) is 15. The molecule has 3 rings (SSSR count). The number of esters is 2. The lowest BCUT2D eigenvalue weighted by atomic mass is 9.88.